The van der Waals surface area contributed by atoms with Gasteiger partial charge in [-0.3, -0.25) is 9.59 Å². The van der Waals surface area contributed by atoms with Crippen LogP contribution in [0.5, 0.6) is 0 Å². The Morgan fingerprint density at radius 1 is 0.969 bits per heavy atom. The summed E-state index contributed by atoms with van der Waals surface area (Å²) in [6, 6.07) is 18.1. The predicted octanol–water partition coefficient (Wildman–Crippen LogP) is 4.97. The average molecular weight is 488 g/mol. The van der Waals surface area contributed by atoms with Gasteiger partial charge in [0.1, 0.15) is 0 Å². The van der Waals surface area contributed by atoms with Gasteiger partial charge < -0.3 is 5.32 Å². The number of carbonyl (C=O) groups excluding carboxylic acids is 2. The lowest BCUT2D eigenvalue weighted by Gasteiger charge is -2.15. The Kier molecular flexibility index (Phi) is 6.51. The van der Waals surface area contributed by atoms with Crippen molar-refractivity contribution in [1.29, 1.82) is 0 Å². The summed E-state index contributed by atoms with van der Waals surface area (Å²) < 4.78 is 1.66. The molecule has 0 bridgehead atoms. The van der Waals surface area contributed by atoms with Crippen molar-refractivity contribution >= 4 is 52.8 Å². The number of carbonyl (C=O) groups is 2. The van der Waals surface area contributed by atoms with Crippen LogP contribution in [0.4, 0.5) is 0 Å². The highest BCUT2D eigenvalue weighted by molar-refractivity contribution is 6.36. The molecule has 0 aromatic heterocycles. The fraction of sp³-hybridized carbons (Fsp3) is 0.125. The lowest BCUT2D eigenvalue weighted by molar-refractivity contribution is -0.596. The summed E-state index contributed by atoms with van der Waals surface area (Å²) in [6.45, 7) is 1.99. The molecule has 2 N–H and O–H groups in total. The molecule has 3 aromatic carbocycles. The molecule has 32 heavy (non-hydrogen) atoms. The number of benzene rings is 3. The standard InChI is InChI=1S/C24H18Cl3N3O2/c1-14-2-4-15(5-3-14)22-21(28-23(31)16-6-9-18(25)10-7-16)24(32)29-30(22)13-17-8-11-19(26)12-20(17)27/h2-13,21-22H,1H3,(H-,28,29,31,32)/p+1/b30-13-/t21-,22+/m1/s1. The van der Waals surface area contributed by atoms with Gasteiger partial charge in [0, 0.05) is 21.2 Å². The molecule has 5 nitrogen and oxygen atoms in total. The number of hydrazine groups is 1. The van der Waals surface area contributed by atoms with E-state index in [2.05, 4.69) is 10.7 Å². The summed E-state index contributed by atoms with van der Waals surface area (Å²) in [6.07, 6.45) is 1.73. The second kappa shape index (κ2) is 9.33. The van der Waals surface area contributed by atoms with Gasteiger partial charge >= 0.3 is 5.91 Å². The highest BCUT2D eigenvalue weighted by Gasteiger charge is 2.47. The molecule has 0 aliphatic carbocycles. The molecule has 2 amide bonds. The molecule has 2 atom stereocenters. The predicted molar refractivity (Wildman–Crippen MR) is 127 cm³/mol. The van der Waals surface area contributed by atoms with Gasteiger partial charge in [0.15, 0.2) is 6.04 Å². The zero-order valence-corrected chi connectivity index (χ0v) is 19.2. The Bertz CT molecular complexity index is 1210. The zero-order chi connectivity index (χ0) is 22.8. The van der Waals surface area contributed by atoms with Crippen molar-refractivity contribution in [3.8, 4) is 0 Å². The van der Waals surface area contributed by atoms with Crippen LogP contribution in [0.1, 0.15) is 33.1 Å². The number of nitrogens with one attached hydrogen (secondary N) is 2. The smallest absolute Gasteiger partial charge is 0.304 e. The lowest BCUT2D eigenvalue weighted by Crippen LogP contribution is -2.42. The molecule has 1 fully saturated rings. The van der Waals surface area contributed by atoms with Crippen LogP contribution < -0.4 is 10.7 Å². The molecule has 4 rings (SSSR count). The highest BCUT2D eigenvalue weighted by Crippen LogP contribution is 2.27. The minimum atomic E-state index is -0.830. The first-order chi connectivity index (χ1) is 15.3. The molecule has 1 heterocycles. The molecule has 8 heteroatoms. The lowest BCUT2D eigenvalue weighted by atomic mass is 9.98. The first-order valence-corrected chi connectivity index (χ1v) is 11.0. The van der Waals surface area contributed by atoms with Gasteiger partial charge in [-0.2, -0.15) is 0 Å². The Morgan fingerprint density at radius 3 is 2.28 bits per heavy atom. The van der Waals surface area contributed by atoms with Crippen molar-refractivity contribution < 1.29 is 14.3 Å². The van der Waals surface area contributed by atoms with Crippen LogP contribution in [-0.2, 0) is 4.79 Å². The normalized spacial score (nSPS) is 19.1. The molecular weight excluding hydrogens is 469 g/mol. The van der Waals surface area contributed by atoms with E-state index in [9.17, 15) is 9.59 Å². The second-order valence-corrected chi connectivity index (χ2v) is 8.77. The highest BCUT2D eigenvalue weighted by atomic mass is 35.5. The first-order valence-electron chi connectivity index (χ1n) is 9.83. The summed E-state index contributed by atoms with van der Waals surface area (Å²) in [5.74, 6) is -0.704. The number of amides is 2. The van der Waals surface area contributed by atoms with E-state index in [0.717, 1.165) is 11.1 Å². The third kappa shape index (κ3) is 4.80. The minimum absolute atomic E-state index is 0.334. The van der Waals surface area contributed by atoms with Crippen LogP contribution >= 0.6 is 34.8 Å². The third-order valence-corrected chi connectivity index (χ3v) is 6.00. The van der Waals surface area contributed by atoms with E-state index in [1.165, 1.54) is 0 Å². The van der Waals surface area contributed by atoms with Crippen molar-refractivity contribution in [3.05, 3.63) is 104 Å². The number of rotatable bonds is 4. The van der Waals surface area contributed by atoms with E-state index in [-0.39, 0.29) is 11.8 Å². The van der Waals surface area contributed by atoms with Gasteiger partial charge in [-0.05, 0) is 49.4 Å². The monoisotopic (exact) mass is 486 g/mol. The van der Waals surface area contributed by atoms with Crippen LogP contribution in [0.15, 0.2) is 66.7 Å². The van der Waals surface area contributed by atoms with Crippen LogP contribution in [0.25, 0.3) is 0 Å². The van der Waals surface area contributed by atoms with Gasteiger partial charge in [0.25, 0.3) is 5.91 Å². The fourth-order valence-corrected chi connectivity index (χ4v) is 4.11. The summed E-state index contributed by atoms with van der Waals surface area (Å²) >= 11 is 18.3. The van der Waals surface area contributed by atoms with Crippen molar-refractivity contribution in [2.45, 2.75) is 19.0 Å². The molecule has 0 unspecified atom stereocenters. The fourth-order valence-electron chi connectivity index (χ4n) is 3.53. The number of hydrogen-bond donors (Lipinski definition) is 2. The largest absolute Gasteiger partial charge is 0.334 e. The molecule has 1 aliphatic rings. The Balaban J connectivity index is 1.72. The number of nitrogens with zero attached hydrogens (tertiary/aromatic N) is 1. The molecular formula is C24H19Cl3N3O2+. The van der Waals surface area contributed by atoms with Crippen molar-refractivity contribution in [3.63, 3.8) is 0 Å². The number of hydrogen-bond acceptors (Lipinski definition) is 2. The van der Waals surface area contributed by atoms with Crippen molar-refractivity contribution in [1.82, 2.24) is 10.7 Å². The summed E-state index contributed by atoms with van der Waals surface area (Å²) in [5, 5.41) is 4.35. The Labute approximate surface area is 200 Å². The molecule has 0 spiro atoms. The maximum atomic E-state index is 12.9. The van der Waals surface area contributed by atoms with E-state index in [1.807, 2.05) is 31.2 Å². The molecule has 0 saturated carbocycles. The molecule has 3 aromatic rings. The van der Waals surface area contributed by atoms with Gasteiger partial charge in [0.05, 0.1) is 10.6 Å². The maximum absolute atomic E-state index is 12.9. The van der Waals surface area contributed by atoms with Crippen LogP contribution in [0.3, 0.4) is 0 Å². The van der Waals surface area contributed by atoms with E-state index in [1.54, 1.807) is 53.4 Å². The van der Waals surface area contributed by atoms with Crippen LogP contribution in [0.2, 0.25) is 15.1 Å². The number of halogens is 3. The quantitative estimate of drug-likeness (QED) is 0.510. The molecule has 1 saturated heterocycles. The number of aryl methyl sites for hydroxylation is 1. The van der Waals surface area contributed by atoms with Gasteiger partial charge in [-0.25, -0.2) is 0 Å². The Hall–Kier alpha value is -2.86. The maximum Gasteiger partial charge on any atom is 0.304 e. The minimum Gasteiger partial charge on any atom is -0.334 e. The molecule has 0 radical (unpaired) electrons. The van der Waals surface area contributed by atoms with Gasteiger partial charge in [-0.15, -0.1) is 10.1 Å². The Morgan fingerprint density at radius 2 is 1.62 bits per heavy atom. The summed E-state index contributed by atoms with van der Waals surface area (Å²) in [5.41, 5.74) is 5.87. The van der Waals surface area contributed by atoms with E-state index < -0.39 is 12.1 Å². The van der Waals surface area contributed by atoms with Gasteiger partial charge in [0.2, 0.25) is 12.3 Å². The average Bonchev–Trinajstić information content (AvgIpc) is 3.06. The SMILES string of the molecule is Cc1ccc([C@H]2[C@@H](NC(=O)c3ccc(Cl)cc3)C(=O)N/[N+]2=C\c2ccc(Cl)cc2Cl)cc1. The van der Waals surface area contributed by atoms with Crippen molar-refractivity contribution in [2.24, 2.45) is 0 Å². The van der Waals surface area contributed by atoms with E-state index >= 15 is 0 Å². The third-order valence-electron chi connectivity index (χ3n) is 5.19. The van der Waals surface area contributed by atoms with E-state index in [4.69, 9.17) is 34.8 Å². The summed E-state index contributed by atoms with van der Waals surface area (Å²) in [7, 11) is 0. The number of hydrazone groups is 1. The second-order valence-electron chi connectivity index (χ2n) is 7.49. The zero-order valence-electron chi connectivity index (χ0n) is 17.0. The van der Waals surface area contributed by atoms with Crippen molar-refractivity contribution in [2.75, 3.05) is 0 Å². The molecule has 162 valence electrons. The molecule has 1 aliphatic heterocycles. The van der Waals surface area contributed by atoms with Crippen LogP contribution in [0, 0.1) is 6.92 Å². The van der Waals surface area contributed by atoms with Crippen LogP contribution in [-0.4, -0.2) is 28.8 Å². The first kappa shape index (κ1) is 22.3. The van der Waals surface area contributed by atoms with E-state index in [0.29, 0.717) is 26.2 Å². The summed E-state index contributed by atoms with van der Waals surface area (Å²) in [4.78, 5) is 25.8. The topological polar surface area (TPSA) is 61.2 Å². The van der Waals surface area contributed by atoms with Gasteiger partial charge in [-0.1, -0.05) is 64.6 Å².